The number of aromatic nitrogens is 2. The maximum Gasteiger partial charge on any atom is 0.242 e. The lowest BCUT2D eigenvalue weighted by atomic mass is 10.3. The summed E-state index contributed by atoms with van der Waals surface area (Å²) >= 11 is 0. The van der Waals surface area contributed by atoms with E-state index in [9.17, 15) is 4.79 Å². The van der Waals surface area contributed by atoms with Crippen molar-refractivity contribution >= 4 is 16.9 Å². The number of imidazole rings is 1. The molecule has 1 amide bonds. The van der Waals surface area contributed by atoms with Gasteiger partial charge in [-0.15, -0.1) is 0 Å². The molecule has 3 aromatic rings. The van der Waals surface area contributed by atoms with Gasteiger partial charge in [-0.05, 0) is 24.3 Å². The highest BCUT2D eigenvalue weighted by Gasteiger charge is 2.16. The molecular formula is C17H19N3O2. The zero-order chi connectivity index (χ0) is 15.5. The van der Waals surface area contributed by atoms with Crippen LogP contribution in [0.2, 0.25) is 0 Å². The smallest absolute Gasteiger partial charge is 0.242 e. The third-order valence-corrected chi connectivity index (χ3v) is 3.74. The van der Waals surface area contributed by atoms with Crippen molar-refractivity contribution in [2.45, 2.75) is 26.4 Å². The molecule has 0 aliphatic heterocycles. The predicted molar refractivity (Wildman–Crippen MR) is 84.3 cm³/mol. The Balaban J connectivity index is 1.81. The van der Waals surface area contributed by atoms with Crippen LogP contribution in [0.15, 0.2) is 47.1 Å². The van der Waals surface area contributed by atoms with Crippen LogP contribution in [0.25, 0.3) is 11.0 Å². The van der Waals surface area contributed by atoms with Crippen molar-refractivity contribution in [3.8, 4) is 0 Å². The molecule has 2 aromatic heterocycles. The summed E-state index contributed by atoms with van der Waals surface area (Å²) in [5.74, 6) is 1.75. The normalized spacial score (nSPS) is 11.0. The number of nitrogens with zero attached hydrogens (tertiary/aromatic N) is 3. The van der Waals surface area contributed by atoms with Crippen LogP contribution in [-0.2, 0) is 24.3 Å². The molecule has 3 rings (SSSR count). The molecule has 0 radical (unpaired) electrons. The molecule has 0 aliphatic rings. The lowest BCUT2D eigenvalue weighted by molar-refractivity contribution is -0.131. The van der Waals surface area contributed by atoms with Crippen molar-refractivity contribution in [3.05, 3.63) is 54.2 Å². The van der Waals surface area contributed by atoms with Crippen LogP contribution in [0.4, 0.5) is 0 Å². The number of carbonyl (C=O) groups excluding carboxylic acids is 1. The van der Waals surface area contributed by atoms with Gasteiger partial charge in [0.15, 0.2) is 0 Å². The molecule has 0 unspecified atom stereocenters. The lowest BCUT2D eigenvalue weighted by Gasteiger charge is -2.17. The summed E-state index contributed by atoms with van der Waals surface area (Å²) in [5.41, 5.74) is 1.93. The molecule has 0 aliphatic carbocycles. The van der Waals surface area contributed by atoms with Gasteiger partial charge in [-0.1, -0.05) is 19.1 Å². The van der Waals surface area contributed by atoms with E-state index < -0.39 is 0 Å². The van der Waals surface area contributed by atoms with Crippen molar-refractivity contribution in [3.63, 3.8) is 0 Å². The summed E-state index contributed by atoms with van der Waals surface area (Å²) in [6.45, 7) is 2.82. The number of amides is 1. The van der Waals surface area contributed by atoms with Crippen LogP contribution < -0.4 is 0 Å². The fourth-order valence-corrected chi connectivity index (χ4v) is 2.55. The van der Waals surface area contributed by atoms with Crippen LogP contribution in [0.3, 0.4) is 0 Å². The Bertz CT molecular complexity index is 774. The van der Waals surface area contributed by atoms with E-state index in [1.807, 2.05) is 41.0 Å². The topological polar surface area (TPSA) is 51.3 Å². The molecule has 114 valence electrons. The summed E-state index contributed by atoms with van der Waals surface area (Å²) in [7, 11) is 1.79. The van der Waals surface area contributed by atoms with Crippen LogP contribution in [0.1, 0.15) is 18.5 Å². The van der Waals surface area contributed by atoms with Crippen molar-refractivity contribution < 1.29 is 9.21 Å². The number of carbonyl (C=O) groups is 1. The van der Waals surface area contributed by atoms with Gasteiger partial charge in [0.25, 0.3) is 0 Å². The molecule has 2 heterocycles. The predicted octanol–water partition coefficient (Wildman–Crippen LogP) is 2.85. The SMILES string of the molecule is CCc1nc2ccccc2n1CC(=O)N(C)Cc1ccco1. The molecule has 1 aromatic carbocycles. The molecule has 0 spiro atoms. The highest BCUT2D eigenvalue weighted by molar-refractivity contribution is 5.81. The highest BCUT2D eigenvalue weighted by atomic mass is 16.3. The first-order chi connectivity index (χ1) is 10.7. The molecule has 5 heteroatoms. The second-order valence-corrected chi connectivity index (χ2v) is 5.29. The maximum absolute atomic E-state index is 12.5. The van der Waals surface area contributed by atoms with Crippen LogP contribution in [0.5, 0.6) is 0 Å². The number of hydrogen-bond donors (Lipinski definition) is 0. The van der Waals surface area contributed by atoms with E-state index in [0.29, 0.717) is 13.1 Å². The van der Waals surface area contributed by atoms with Gasteiger partial charge in [-0.3, -0.25) is 4.79 Å². The Morgan fingerprint density at radius 2 is 2.09 bits per heavy atom. The quantitative estimate of drug-likeness (QED) is 0.727. The fourth-order valence-electron chi connectivity index (χ4n) is 2.55. The number of hydrogen-bond acceptors (Lipinski definition) is 3. The Kier molecular flexibility index (Phi) is 3.96. The van der Waals surface area contributed by atoms with Gasteiger partial charge >= 0.3 is 0 Å². The molecular weight excluding hydrogens is 278 g/mol. The maximum atomic E-state index is 12.5. The van der Waals surface area contributed by atoms with E-state index in [4.69, 9.17) is 4.42 Å². The monoisotopic (exact) mass is 297 g/mol. The first kappa shape index (κ1) is 14.4. The van der Waals surface area contributed by atoms with E-state index in [1.165, 1.54) is 0 Å². The molecule has 0 atom stereocenters. The molecule has 0 saturated carbocycles. The van der Waals surface area contributed by atoms with Crippen LogP contribution >= 0.6 is 0 Å². The van der Waals surface area contributed by atoms with Crippen molar-refractivity contribution in [2.75, 3.05) is 7.05 Å². The summed E-state index contributed by atoms with van der Waals surface area (Å²) < 4.78 is 7.29. The number of furan rings is 1. The molecule has 0 saturated heterocycles. The van der Waals surface area contributed by atoms with Gasteiger partial charge in [0.2, 0.25) is 5.91 Å². The second-order valence-electron chi connectivity index (χ2n) is 5.29. The van der Waals surface area contributed by atoms with Gasteiger partial charge in [-0.2, -0.15) is 0 Å². The molecule has 5 nitrogen and oxygen atoms in total. The third kappa shape index (κ3) is 2.74. The zero-order valence-corrected chi connectivity index (χ0v) is 12.8. The van der Waals surface area contributed by atoms with Crippen LogP contribution in [0, 0.1) is 0 Å². The number of aryl methyl sites for hydroxylation is 1. The third-order valence-electron chi connectivity index (χ3n) is 3.74. The second kappa shape index (κ2) is 6.05. The number of para-hydroxylation sites is 2. The minimum atomic E-state index is 0.0363. The lowest BCUT2D eigenvalue weighted by Crippen LogP contribution is -2.30. The molecule has 0 fully saturated rings. The molecule has 0 N–H and O–H groups in total. The average Bonchev–Trinajstić information content (AvgIpc) is 3.15. The van der Waals surface area contributed by atoms with Gasteiger partial charge in [-0.25, -0.2) is 4.98 Å². The molecule has 0 bridgehead atoms. The minimum absolute atomic E-state index is 0.0363. The van der Waals surface area contributed by atoms with Gasteiger partial charge in [0, 0.05) is 13.5 Å². The van der Waals surface area contributed by atoms with Crippen LogP contribution in [-0.4, -0.2) is 27.4 Å². The Morgan fingerprint density at radius 1 is 1.27 bits per heavy atom. The fraction of sp³-hybridized carbons (Fsp3) is 0.294. The first-order valence-electron chi connectivity index (χ1n) is 7.39. The summed E-state index contributed by atoms with van der Waals surface area (Å²) in [4.78, 5) is 18.8. The van der Waals surface area contributed by atoms with Crippen molar-refractivity contribution in [1.82, 2.24) is 14.5 Å². The number of benzene rings is 1. The van der Waals surface area contributed by atoms with E-state index in [-0.39, 0.29) is 5.91 Å². The van der Waals surface area contributed by atoms with Crippen molar-refractivity contribution in [2.24, 2.45) is 0 Å². The number of rotatable bonds is 5. The van der Waals surface area contributed by atoms with Gasteiger partial charge in [0.05, 0.1) is 23.8 Å². The highest BCUT2D eigenvalue weighted by Crippen LogP contribution is 2.17. The standard InChI is InChI=1S/C17H19N3O2/c1-3-16-18-14-8-4-5-9-15(14)20(16)12-17(21)19(2)11-13-7-6-10-22-13/h4-10H,3,11-12H2,1-2H3. The minimum Gasteiger partial charge on any atom is -0.467 e. The Hall–Kier alpha value is -2.56. The van der Waals surface area contributed by atoms with Gasteiger partial charge in [0.1, 0.15) is 18.1 Å². The largest absolute Gasteiger partial charge is 0.467 e. The van der Waals surface area contributed by atoms with Gasteiger partial charge < -0.3 is 13.9 Å². The molecule has 22 heavy (non-hydrogen) atoms. The Labute approximate surface area is 129 Å². The van der Waals surface area contributed by atoms with E-state index >= 15 is 0 Å². The Morgan fingerprint density at radius 3 is 2.82 bits per heavy atom. The van der Waals surface area contributed by atoms with E-state index in [2.05, 4.69) is 11.9 Å². The summed E-state index contributed by atoms with van der Waals surface area (Å²) in [6.07, 6.45) is 2.41. The zero-order valence-electron chi connectivity index (χ0n) is 12.8. The first-order valence-corrected chi connectivity index (χ1v) is 7.39. The summed E-state index contributed by atoms with van der Waals surface area (Å²) in [5, 5.41) is 0. The van der Waals surface area contributed by atoms with E-state index in [1.54, 1.807) is 18.2 Å². The van der Waals surface area contributed by atoms with Crippen molar-refractivity contribution in [1.29, 1.82) is 0 Å². The average molecular weight is 297 g/mol. The summed E-state index contributed by atoms with van der Waals surface area (Å²) in [6, 6.07) is 11.6. The number of likely N-dealkylation sites (N-methyl/N-ethyl adjacent to an activating group) is 1. The van der Waals surface area contributed by atoms with E-state index in [0.717, 1.165) is 29.0 Å². The number of fused-ring (bicyclic) bond motifs is 1.